The van der Waals surface area contributed by atoms with Gasteiger partial charge < -0.3 is 0 Å². The van der Waals surface area contributed by atoms with Gasteiger partial charge >= 0.3 is 0 Å². The zero-order chi connectivity index (χ0) is 15.5. The largest absolute Gasteiger partial charge is 0.256 e. The molecule has 0 N–H and O–H groups in total. The Bertz CT molecular complexity index is 732. The van der Waals surface area contributed by atoms with Crippen molar-refractivity contribution in [3.8, 4) is 0 Å². The second-order valence-corrected chi connectivity index (χ2v) is 7.23. The number of rotatable bonds is 6. The fraction of sp³-hybridized carbons (Fsp3) is 0.400. The van der Waals surface area contributed by atoms with Crippen LogP contribution in [0.5, 0.6) is 0 Å². The second-order valence-electron chi connectivity index (χ2n) is 5.03. The molecule has 0 bridgehead atoms. The van der Waals surface area contributed by atoms with Crippen molar-refractivity contribution in [2.75, 3.05) is 12.8 Å². The number of sulfonamides is 1. The molecular weight excluding hydrogens is 291 g/mol. The average molecular weight is 310 g/mol. The Hall–Kier alpha value is -1.53. The molecule has 0 fully saturated rings. The Kier molecular flexibility index (Phi) is 4.90. The minimum Gasteiger partial charge on any atom is -0.256 e. The first-order chi connectivity index (χ1) is 9.95. The third kappa shape index (κ3) is 3.57. The highest BCUT2D eigenvalue weighted by atomic mass is 32.2. The van der Waals surface area contributed by atoms with Crippen LogP contribution in [0.2, 0.25) is 0 Å². The number of pyridine rings is 1. The van der Waals surface area contributed by atoms with Crippen LogP contribution in [0.15, 0.2) is 30.5 Å². The molecule has 1 aromatic heterocycles. The summed E-state index contributed by atoms with van der Waals surface area (Å²) in [7, 11) is -1.74. The highest BCUT2D eigenvalue weighted by molar-refractivity contribution is 7.89. The van der Waals surface area contributed by atoms with Gasteiger partial charge in [-0.15, -0.1) is 0 Å². The highest BCUT2D eigenvalue weighted by Gasteiger charge is 2.19. The topological polar surface area (TPSA) is 50.3 Å². The van der Waals surface area contributed by atoms with Crippen molar-refractivity contribution in [3.05, 3.63) is 41.8 Å². The number of hydrogen-bond donors (Lipinski definition) is 0. The Balaban J connectivity index is 2.30. The van der Waals surface area contributed by atoms with Crippen LogP contribution in [0.3, 0.4) is 0 Å². The van der Waals surface area contributed by atoms with Gasteiger partial charge in [-0.25, -0.2) is 17.1 Å². The Labute approximate surface area is 124 Å². The molecular formula is C15H19FN2O2S. The molecule has 2 aromatic rings. The molecule has 0 spiro atoms. The van der Waals surface area contributed by atoms with E-state index in [1.54, 1.807) is 31.4 Å². The lowest BCUT2D eigenvalue weighted by Gasteiger charge is -2.18. The van der Waals surface area contributed by atoms with Crippen LogP contribution in [0.1, 0.15) is 25.3 Å². The molecule has 0 saturated carbocycles. The van der Waals surface area contributed by atoms with Gasteiger partial charge in [0.15, 0.2) is 0 Å². The van der Waals surface area contributed by atoms with E-state index in [0.29, 0.717) is 22.9 Å². The average Bonchev–Trinajstić information content (AvgIpc) is 2.48. The van der Waals surface area contributed by atoms with E-state index in [1.807, 2.05) is 6.92 Å². The lowest BCUT2D eigenvalue weighted by atomic mass is 10.1. The quantitative estimate of drug-likeness (QED) is 0.824. The van der Waals surface area contributed by atoms with E-state index in [1.165, 1.54) is 10.4 Å². The van der Waals surface area contributed by atoms with Crippen molar-refractivity contribution in [1.29, 1.82) is 0 Å². The molecule has 1 heterocycles. The van der Waals surface area contributed by atoms with Crippen LogP contribution >= 0.6 is 0 Å². The fourth-order valence-electron chi connectivity index (χ4n) is 2.14. The molecule has 0 aliphatic heterocycles. The summed E-state index contributed by atoms with van der Waals surface area (Å²) >= 11 is 0. The van der Waals surface area contributed by atoms with Crippen molar-refractivity contribution in [2.24, 2.45) is 0 Å². The Morgan fingerprint density at radius 3 is 2.76 bits per heavy atom. The SMILES string of the molecule is CCCCS(=O)(=O)N(C)Cc1ccc(F)c2cccnc12. The molecule has 114 valence electrons. The van der Waals surface area contributed by atoms with E-state index in [0.717, 1.165) is 6.42 Å². The van der Waals surface area contributed by atoms with E-state index in [4.69, 9.17) is 0 Å². The van der Waals surface area contributed by atoms with Crippen molar-refractivity contribution < 1.29 is 12.8 Å². The van der Waals surface area contributed by atoms with Crippen LogP contribution in [0.25, 0.3) is 10.9 Å². The molecule has 0 radical (unpaired) electrons. The van der Waals surface area contributed by atoms with Gasteiger partial charge in [-0.2, -0.15) is 0 Å². The van der Waals surface area contributed by atoms with Crippen molar-refractivity contribution in [2.45, 2.75) is 26.3 Å². The summed E-state index contributed by atoms with van der Waals surface area (Å²) in [5, 5.41) is 0.411. The van der Waals surface area contributed by atoms with E-state index in [2.05, 4.69) is 4.98 Å². The molecule has 1 aromatic carbocycles. The van der Waals surface area contributed by atoms with E-state index in [9.17, 15) is 12.8 Å². The van der Waals surface area contributed by atoms with Crippen LogP contribution in [-0.2, 0) is 16.6 Å². The number of fused-ring (bicyclic) bond motifs is 1. The summed E-state index contributed by atoms with van der Waals surface area (Å²) in [6.45, 7) is 2.15. The first-order valence-electron chi connectivity index (χ1n) is 6.92. The number of benzene rings is 1. The van der Waals surface area contributed by atoms with Gasteiger partial charge in [0.25, 0.3) is 0 Å². The van der Waals surface area contributed by atoms with Crippen LogP contribution in [0.4, 0.5) is 4.39 Å². The van der Waals surface area contributed by atoms with Crippen LogP contribution < -0.4 is 0 Å². The van der Waals surface area contributed by atoms with Gasteiger partial charge in [0, 0.05) is 25.2 Å². The third-order valence-electron chi connectivity index (χ3n) is 3.42. The first kappa shape index (κ1) is 15.9. The summed E-state index contributed by atoms with van der Waals surface area (Å²) in [4.78, 5) is 4.18. The second kappa shape index (κ2) is 6.49. The van der Waals surface area contributed by atoms with Gasteiger partial charge in [-0.3, -0.25) is 4.98 Å². The standard InChI is InChI=1S/C15H19FN2O2S/c1-3-4-10-21(19,20)18(2)11-12-7-8-14(16)13-6-5-9-17-15(12)13/h5-9H,3-4,10-11H2,1-2H3. The molecule has 0 aliphatic rings. The zero-order valence-corrected chi connectivity index (χ0v) is 13.0. The molecule has 0 unspecified atom stereocenters. The highest BCUT2D eigenvalue weighted by Crippen LogP contribution is 2.21. The summed E-state index contributed by atoms with van der Waals surface area (Å²) < 4.78 is 39.3. The maximum absolute atomic E-state index is 13.7. The van der Waals surface area contributed by atoms with Gasteiger partial charge in [0.1, 0.15) is 5.82 Å². The molecule has 0 aliphatic carbocycles. The van der Waals surface area contributed by atoms with Crippen LogP contribution in [-0.4, -0.2) is 30.5 Å². The molecule has 0 amide bonds. The minimum atomic E-state index is -3.29. The predicted octanol–water partition coefficient (Wildman–Crippen LogP) is 2.94. The lowest BCUT2D eigenvalue weighted by Crippen LogP contribution is -2.29. The summed E-state index contributed by atoms with van der Waals surface area (Å²) in [6.07, 6.45) is 3.04. The number of unbranched alkanes of at least 4 members (excludes halogenated alkanes) is 1. The smallest absolute Gasteiger partial charge is 0.214 e. The normalized spacial score (nSPS) is 12.2. The first-order valence-corrected chi connectivity index (χ1v) is 8.52. The van der Waals surface area contributed by atoms with Gasteiger partial charge in [0.05, 0.1) is 11.3 Å². The minimum absolute atomic E-state index is 0.132. The molecule has 0 saturated heterocycles. The van der Waals surface area contributed by atoms with Crippen molar-refractivity contribution in [1.82, 2.24) is 9.29 Å². The molecule has 2 rings (SSSR count). The fourth-order valence-corrected chi connectivity index (χ4v) is 3.45. The monoisotopic (exact) mass is 310 g/mol. The number of aromatic nitrogens is 1. The van der Waals surface area contributed by atoms with E-state index >= 15 is 0 Å². The molecule has 21 heavy (non-hydrogen) atoms. The van der Waals surface area contributed by atoms with E-state index in [-0.39, 0.29) is 18.1 Å². The lowest BCUT2D eigenvalue weighted by molar-refractivity contribution is 0.466. The van der Waals surface area contributed by atoms with Gasteiger partial charge in [-0.1, -0.05) is 19.4 Å². The molecule has 4 nitrogen and oxygen atoms in total. The van der Waals surface area contributed by atoms with Gasteiger partial charge in [-0.05, 0) is 30.2 Å². The van der Waals surface area contributed by atoms with Crippen molar-refractivity contribution >= 4 is 20.9 Å². The number of nitrogens with zero attached hydrogens (tertiary/aromatic N) is 2. The maximum Gasteiger partial charge on any atom is 0.214 e. The van der Waals surface area contributed by atoms with Gasteiger partial charge in [0.2, 0.25) is 10.0 Å². The van der Waals surface area contributed by atoms with Crippen LogP contribution in [0, 0.1) is 5.82 Å². The predicted molar refractivity (Wildman–Crippen MR) is 81.9 cm³/mol. The van der Waals surface area contributed by atoms with E-state index < -0.39 is 10.0 Å². The number of halogens is 1. The third-order valence-corrected chi connectivity index (χ3v) is 5.31. The summed E-state index contributed by atoms with van der Waals surface area (Å²) in [5.41, 5.74) is 1.21. The molecule has 0 atom stereocenters. The number of hydrogen-bond acceptors (Lipinski definition) is 3. The summed E-state index contributed by atoms with van der Waals surface area (Å²) in [6, 6.07) is 6.26. The van der Waals surface area contributed by atoms with Crippen molar-refractivity contribution in [3.63, 3.8) is 0 Å². The summed E-state index contributed by atoms with van der Waals surface area (Å²) in [5.74, 6) is -0.217. The maximum atomic E-state index is 13.7. The zero-order valence-electron chi connectivity index (χ0n) is 12.2. The Morgan fingerprint density at radius 1 is 1.29 bits per heavy atom. The molecule has 6 heteroatoms. The Morgan fingerprint density at radius 2 is 2.05 bits per heavy atom.